The Morgan fingerprint density at radius 1 is 0.900 bits per heavy atom. The second-order valence-corrected chi connectivity index (χ2v) is 4.78. The average molecular weight is 286 g/mol. The molecule has 0 rings (SSSR count). The first-order valence-corrected chi connectivity index (χ1v) is 7.27. The molecule has 0 fully saturated rings. The van der Waals surface area contributed by atoms with Crippen molar-refractivity contribution < 1.29 is 23.9 Å². The van der Waals surface area contributed by atoms with Crippen LogP contribution in [0, 0.1) is 11.8 Å². The van der Waals surface area contributed by atoms with Gasteiger partial charge in [-0.2, -0.15) is 0 Å². The molecule has 0 aromatic carbocycles. The Morgan fingerprint density at radius 3 is 1.65 bits per heavy atom. The molecule has 0 saturated heterocycles. The summed E-state index contributed by atoms with van der Waals surface area (Å²) < 4.78 is 9.84. The molecule has 0 aliphatic rings. The van der Waals surface area contributed by atoms with E-state index in [0.717, 1.165) is 6.42 Å². The van der Waals surface area contributed by atoms with E-state index < -0.39 is 0 Å². The van der Waals surface area contributed by atoms with Gasteiger partial charge in [0.2, 0.25) is 0 Å². The van der Waals surface area contributed by atoms with Gasteiger partial charge in [0.05, 0.1) is 13.2 Å². The molecule has 116 valence electrons. The minimum Gasteiger partial charge on any atom is -0.466 e. The van der Waals surface area contributed by atoms with Gasteiger partial charge in [0.15, 0.2) is 0 Å². The molecule has 5 nitrogen and oxygen atoms in total. The number of ketones is 1. The Balaban J connectivity index is 4.86. The van der Waals surface area contributed by atoms with Gasteiger partial charge >= 0.3 is 11.9 Å². The maximum absolute atomic E-state index is 11.7. The van der Waals surface area contributed by atoms with E-state index in [9.17, 15) is 14.4 Å². The van der Waals surface area contributed by atoms with Crippen molar-refractivity contribution in [3.63, 3.8) is 0 Å². The van der Waals surface area contributed by atoms with Gasteiger partial charge < -0.3 is 9.47 Å². The van der Waals surface area contributed by atoms with Crippen molar-refractivity contribution in [3.8, 4) is 0 Å². The molecule has 0 amide bonds. The molecular weight excluding hydrogens is 260 g/mol. The van der Waals surface area contributed by atoms with Crippen molar-refractivity contribution in [2.24, 2.45) is 11.8 Å². The summed E-state index contributed by atoms with van der Waals surface area (Å²) in [5.41, 5.74) is 0. The molecule has 0 N–H and O–H groups in total. The van der Waals surface area contributed by atoms with Crippen LogP contribution in [-0.2, 0) is 23.9 Å². The molecule has 0 spiro atoms. The first-order chi connectivity index (χ1) is 9.46. The van der Waals surface area contributed by atoms with E-state index in [-0.39, 0.29) is 42.4 Å². The topological polar surface area (TPSA) is 69.7 Å². The second-order valence-electron chi connectivity index (χ2n) is 4.78. The van der Waals surface area contributed by atoms with Crippen LogP contribution in [0.3, 0.4) is 0 Å². The van der Waals surface area contributed by atoms with E-state index in [4.69, 9.17) is 9.47 Å². The fraction of sp³-hybridized carbons (Fsp3) is 0.800. The summed E-state index contributed by atoms with van der Waals surface area (Å²) in [4.78, 5) is 35.0. The van der Waals surface area contributed by atoms with Crippen molar-refractivity contribution in [3.05, 3.63) is 0 Å². The van der Waals surface area contributed by atoms with E-state index in [1.54, 1.807) is 13.8 Å². The predicted molar refractivity (Wildman–Crippen MR) is 75.1 cm³/mol. The van der Waals surface area contributed by atoms with Crippen molar-refractivity contribution in [2.45, 2.75) is 53.4 Å². The minimum atomic E-state index is -0.371. The zero-order valence-corrected chi connectivity index (χ0v) is 12.9. The quantitative estimate of drug-likeness (QED) is 0.577. The molecule has 1 unspecified atom stereocenters. The molecular formula is C15H26O5. The van der Waals surface area contributed by atoms with E-state index in [2.05, 4.69) is 0 Å². The lowest BCUT2D eigenvalue weighted by atomic mass is 9.81. The van der Waals surface area contributed by atoms with Crippen molar-refractivity contribution >= 4 is 17.7 Å². The number of esters is 2. The lowest BCUT2D eigenvalue weighted by Crippen LogP contribution is -2.28. The van der Waals surface area contributed by atoms with E-state index in [1.165, 1.54) is 6.92 Å². The van der Waals surface area contributed by atoms with Gasteiger partial charge in [-0.25, -0.2) is 0 Å². The number of hydrogen-bond acceptors (Lipinski definition) is 5. The summed E-state index contributed by atoms with van der Waals surface area (Å²) in [6.07, 6.45) is 1.65. The Morgan fingerprint density at radius 2 is 1.35 bits per heavy atom. The number of carbonyl (C=O) groups is 3. The Hall–Kier alpha value is -1.39. The number of hydrogen-bond donors (Lipinski definition) is 0. The molecule has 0 aliphatic heterocycles. The minimum absolute atomic E-state index is 0.00504. The molecule has 1 atom stereocenters. The van der Waals surface area contributed by atoms with Crippen LogP contribution in [-0.4, -0.2) is 30.9 Å². The summed E-state index contributed by atoms with van der Waals surface area (Å²) in [6, 6.07) is 0. The van der Waals surface area contributed by atoms with E-state index in [1.807, 2.05) is 6.92 Å². The van der Waals surface area contributed by atoms with Crippen LogP contribution in [0.15, 0.2) is 0 Å². The third-order valence-electron chi connectivity index (χ3n) is 3.16. The SMILES string of the molecule is CCCC(C(C)=O)C(CC(=O)OCC)CC(=O)OCC. The summed E-state index contributed by atoms with van der Waals surface area (Å²) in [6.45, 7) is 7.53. The van der Waals surface area contributed by atoms with Crippen LogP contribution in [0.1, 0.15) is 53.4 Å². The molecule has 0 heterocycles. The van der Waals surface area contributed by atoms with Gasteiger partial charge in [-0.3, -0.25) is 14.4 Å². The third kappa shape index (κ3) is 7.26. The summed E-state index contributed by atoms with van der Waals surface area (Å²) >= 11 is 0. The normalized spacial score (nSPS) is 12.1. The molecule has 0 bridgehead atoms. The third-order valence-corrected chi connectivity index (χ3v) is 3.16. The van der Waals surface area contributed by atoms with Crippen LogP contribution in [0.5, 0.6) is 0 Å². The Labute approximate surface area is 121 Å². The maximum atomic E-state index is 11.7. The monoisotopic (exact) mass is 286 g/mol. The van der Waals surface area contributed by atoms with Crippen molar-refractivity contribution in [2.75, 3.05) is 13.2 Å². The van der Waals surface area contributed by atoms with Crippen LogP contribution < -0.4 is 0 Å². The van der Waals surface area contributed by atoms with Crippen molar-refractivity contribution in [1.82, 2.24) is 0 Å². The summed E-state index contributed by atoms with van der Waals surface area (Å²) in [5.74, 6) is -1.38. The highest BCUT2D eigenvalue weighted by atomic mass is 16.5. The number of Topliss-reactive ketones (excluding diaryl/α,β-unsaturated/α-hetero) is 1. The lowest BCUT2D eigenvalue weighted by molar-refractivity contribution is -0.148. The Kier molecular flexibility index (Phi) is 9.68. The summed E-state index contributed by atoms with van der Waals surface area (Å²) in [5, 5.41) is 0. The fourth-order valence-electron chi connectivity index (χ4n) is 2.31. The van der Waals surface area contributed by atoms with Crippen molar-refractivity contribution in [1.29, 1.82) is 0 Å². The standard InChI is InChI=1S/C15H26O5/c1-5-8-13(11(4)16)12(9-14(17)19-6-2)10-15(18)20-7-3/h12-13H,5-10H2,1-4H3. The maximum Gasteiger partial charge on any atom is 0.306 e. The van der Waals surface area contributed by atoms with Gasteiger partial charge in [-0.1, -0.05) is 13.3 Å². The number of carbonyl (C=O) groups excluding carboxylic acids is 3. The zero-order chi connectivity index (χ0) is 15.5. The largest absolute Gasteiger partial charge is 0.466 e. The first kappa shape index (κ1) is 18.6. The number of ether oxygens (including phenoxy) is 2. The second kappa shape index (κ2) is 10.4. The highest BCUT2D eigenvalue weighted by Crippen LogP contribution is 2.26. The van der Waals surface area contributed by atoms with E-state index in [0.29, 0.717) is 19.6 Å². The highest BCUT2D eigenvalue weighted by molar-refractivity contribution is 5.81. The molecule has 20 heavy (non-hydrogen) atoms. The van der Waals surface area contributed by atoms with E-state index >= 15 is 0 Å². The molecule has 0 aromatic heterocycles. The van der Waals surface area contributed by atoms with Crippen LogP contribution >= 0.6 is 0 Å². The molecule has 5 heteroatoms. The predicted octanol–water partition coefficient (Wildman–Crippen LogP) is 2.51. The highest BCUT2D eigenvalue weighted by Gasteiger charge is 2.30. The molecule has 0 saturated carbocycles. The fourth-order valence-corrected chi connectivity index (χ4v) is 2.31. The van der Waals surface area contributed by atoms with Crippen LogP contribution in [0.4, 0.5) is 0 Å². The molecule has 0 radical (unpaired) electrons. The molecule has 0 aliphatic carbocycles. The first-order valence-electron chi connectivity index (χ1n) is 7.27. The van der Waals surface area contributed by atoms with Gasteiger partial charge in [-0.05, 0) is 33.1 Å². The lowest BCUT2D eigenvalue weighted by Gasteiger charge is -2.23. The van der Waals surface area contributed by atoms with Gasteiger partial charge in [0, 0.05) is 18.8 Å². The van der Waals surface area contributed by atoms with Gasteiger partial charge in [-0.15, -0.1) is 0 Å². The van der Waals surface area contributed by atoms with Gasteiger partial charge in [0.1, 0.15) is 5.78 Å². The van der Waals surface area contributed by atoms with Crippen LogP contribution in [0.2, 0.25) is 0 Å². The smallest absolute Gasteiger partial charge is 0.306 e. The van der Waals surface area contributed by atoms with Gasteiger partial charge in [0.25, 0.3) is 0 Å². The summed E-state index contributed by atoms with van der Waals surface area (Å²) in [7, 11) is 0. The molecule has 0 aromatic rings. The average Bonchev–Trinajstić information content (AvgIpc) is 2.35. The number of rotatable bonds is 10. The Bertz CT molecular complexity index is 304. The van der Waals surface area contributed by atoms with Crippen LogP contribution in [0.25, 0.3) is 0 Å². The zero-order valence-electron chi connectivity index (χ0n) is 12.9.